The monoisotopic (exact) mass is 325 g/mol. The second kappa shape index (κ2) is 7.75. The molecule has 2 unspecified atom stereocenters. The fraction of sp³-hybridized carbons (Fsp3) is 0.647. The zero-order valence-electron chi connectivity index (χ0n) is 12.9. The lowest BCUT2D eigenvalue weighted by atomic mass is 9.78. The van der Waals surface area contributed by atoms with Crippen LogP contribution in [0.15, 0.2) is 24.3 Å². The van der Waals surface area contributed by atoms with Gasteiger partial charge in [0.25, 0.3) is 0 Å². The molecule has 3 rings (SSSR count). The molecule has 22 heavy (non-hydrogen) atoms. The minimum atomic E-state index is -0.0855. The number of benzene rings is 1. The lowest BCUT2D eigenvalue weighted by Crippen LogP contribution is -2.49. The third-order valence-corrected chi connectivity index (χ3v) is 4.74. The fourth-order valence-corrected chi connectivity index (χ4v) is 3.39. The summed E-state index contributed by atoms with van der Waals surface area (Å²) in [4.78, 5) is 0. The maximum absolute atomic E-state index is 6.17. The van der Waals surface area contributed by atoms with Gasteiger partial charge in [0.05, 0.1) is 19.9 Å². The minimum absolute atomic E-state index is 0.0392. The van der Waals surface area contributed by atoms with Crippen LogP contribution in [0, 0.1) is 0 Å². The van der Waals surface area contributed by atoms with E-state index in [1.54, 1.807) is 0 Å². The van der Waals surface area contributed by atoms with Crippen molar-refractivity contribution < 1.29 is 14.2 Å². The Morgan fingerprint density at radius 1 is 1.36 bits per heavy atom. The van der Waals surface area contributed by atoms with Crippen LogP contribution in [0.3, 0.4) is 0 Å². The highest BCUT2D eigenvalue weighted by atomic mass is 35.5. The highest BCUT2D eigenvalue weighted by molar-refractivity contribution is 6.30. The number of halogens is 1. The molecule has 0 aliphatic carbocycles. The van der Waals surface area contributed by atoms with Crippen LogP contribution in [-0.2, 0) is 19.6 Å². The number of nitrogens with one attached hydrogen (secondary N) is 1. The van der Waals surface area contributed by atoms with Gasteiger partial charge < -0.3 is 14.2 Å². The van der Waals surface area contributed by atoms with Crippen molar-refractivity contribution in [3.63, 3.8) is 0 Å². The van der Waals surface area contributed by atoms with E-state index in [1.165, 1.54) is 12.0 Å². The Morgan fingerprint density at radius 3 is 3.05 bits per heavy atom. The summed E-state index contributed by atoms with van der Waals surface area (Å²) in [7, 11) is 0. The van der Waals surface area contributed by atoms with Crippen LogP contribution in [-0.4, -0.2) is 39.4 Å². The molecule has 122 valence electrons. The first kappa shape index (κ1) is 16.2. The standard InChI is InChI=1S/C17H24ClNO3/c18-15-5-3-4-14(10-15)17(11-19-13-20-12-17)7-9-22-16-6-1-2-8-21-16/h3-5,10,16,19H,1-2,6-9,11-13H2. The van der Waals surface area contributed by atoms with Gasteiger partial charge in [0.2, 0.25) is 0 Å². The van der Waals surface area contributed by atoms with E-state index in [-0.39, 0.29) is 11.7 Å². The van der Waals surface area contributed by atoms with Crippen LogP contribution in [0.25, 0.3) is 0 Å². The van der Waals surface area contributed by atoms with Crippen molar-refractivity contribution in [1.29, 1.82) is 0 Å². The summed E-state index contributed by atoms with van der Waals surface area (Å²) in [5.74, 6) is 0. The van der Waals surface area contributed by atoms with E-state index in [9.17, 15) is 0 Å². The summed E-state index contributed by atoms with van der Waals surface area (Å²) in [6.07, 6.45) is 4.18. The van der Waals surface area contributed by atoms with Gasteiger partial charge in [-0.05, 0) is 43.4 Å². The molecule has 2 aliphatic rings. The van der Waals surface area contributed by atoms with Crippen molar-refractivity contribution in [2.24, 2.45) is 0 Å². The quantitative estimate of drug-likeness (QED) is 0.903. The molecule has 0 spiro atoms. The second-order valence-corrected chi connectivity index (χ2v) is 6.56. The first-order chi connectivity index (χ1) is 10.8. The number of hydrogen-bond acceptors (Lipinski definition) is 4. The van der Waals surface area contributed by atoms with Crippen molar-refractivity contribution in [3.8, 4) is 0 Å². The molecule has 0 amide bonds. The van der Waals surface area contributed by atoms with Crippen LogP contribution in [0.4, 0.5) is 0 Å². The van der Waals surface area contributed by atoms with Crippen molar-refractivity contribution in [2.45, 2.75) is 37.4 Å². The zero-order valence-corrected chi connectivity index (χ0v) is 13.6. The summed E-state index contributed by atoms with van der Waals surface area (Å²) in [6, 6.07) is 8.07. The predicted octanol–water partition coefficient (Wildman–Crippen LogP) is 3.09. The van der Waals surface area contributed by atoms with Crippen LogP contribution >= 0.6 is 11.6 Å². The molecule has 1 N–H and O–H groups in total. The van der Waals surface area contributed by atoms with E-state index in [2.05, 4.69) is 11.4 Å². The van der Waals surface area contributed by atoms with Crippen LogP contribution in [0.1, 0.15) is 31.2 Å². The first-order valence-corrected chi connectivity index (χ1v) is 8.44. The van der Waals surface area contributed by atoms with Crippen molar-refractivity contribution >= 4 is 11.6 Å². The Labute approximate surface area is 137 Å². The maximum atomic E-state index is 6.17. The molecule has 2 aliphatic heterocycles. The third kappa shape index (κ3) is 4.00. The lowest BCUT2D eigenvalue weighted by molar-refractivity contribution is -0.166. The van der Waals surface area contributed by atoms with Gasteiger partial charge >= 0.3 is 0 Å². The summed E-state index contributed by atoms with van der Waals surface area (Å²) < 4.78 is 17.2. The van der Waals surface area contributed by atoms with Crippen molar-refractivity contribution in [2.75, 3.05) is 33.1 Å². The van der Waals surface area contributed by atoms with E-state index in [0.717, 1.165) is 37.4 Å². The number of hydrogen-bond donors (Lipinski definition) is 1. The first-order valence-electron chi connectivity index (χ1n) is 8.06. The van der Waals surface area contributed by atoms with E-state index in [4.69, 9.17) is 25.8 Å². The summed E-state index contributed by atoms with van der Waals surface area (Å²) in [5.41, 5.74) is 1.12. The summed E-state index contributed by atoms with van der Waals surface area (Å²) in [6.45, 7) is 3.66. The average Bonchev–Trinajstić information content (AvgIpc) is 2.57. The maximum Gasteiger partial charge on any atom is 0.157 e. The van der Waals surface area contributed by atoms with Gasteiger partial charge in [-0.15, -0.1) is 0 Å². The second-order valence-electron chi connectivity index (χ2n) is 6.13. The number of ether oxygens (including phenoxy) is 3. The van der Waals surface area contributed by atoms with Crippen molar-refractivity contribution in [1.82, 2.24) is 5.32 Å². The largest absolute Gasteiger partial charge is 0.365 e. The normalized spacial score (nSPS) is 29.4. The molecule has 0 radical (unpaired) electrons. The van der Waals surface area contributed by atoms with E-state index in [0.29, 0.717) is 19.9 Å². The molecular weight excluding hydrogens is 302 g/mol. The van der Waals surface area contributed by atoms with Crippen LogP contribution in [0.5, 0.6) is 0 Å². The third-order valence-electron chi connectivity index (χ3n) is 4.51. The van der Waals surface area contributed by atoms with Gasteiger partial charge in [-0.1, -0.05) is 23.7 Å². The Kier molecular flexibility index (Phi) is 5.71. The Balaban J connectivity index is 1.64. The zero-order chi connectivity index (χ0) is 15.3. The molecule has 0 bridgehead atoms. The molecule has 1 aromatic carbocycles. The topological polar surface area (TPSA) is 39.7 Å². The van der Waals surface area contributed by atoms with Gasteiger partial charge in [-0.2, -0.15) is 0 Å². The van der Waals surface area contributed by atoms with Crippen molar-refractivity contribution in [3.05, 3.63) is 34.9 Å². The Hall–Kier alpha value is -0.650. The minimum Gasteiger partial charge on any atom is -0.365 e. The Morgan fingerprint density at radius 2 is 2.32 bits per heavy atom. The number of rotatable bonds is 5. The molecule has 2 saturated heterocycles. The van der Waals surface area contributed by atoms with Gasteiger partial charge in [0.1, 0.15) is 0 Å². The molecule has 5 heteroatoms. The average molecular weight is 326 g/mol. The van der Waals surface area contributed by atoms with Gasteiger partial charge in [-0.3, -0.25) is 5.32 Å². The SMILES string of the molecule is Clc1cccc(C2(CCOC3CCCCO3)CNCOC2)c1. The lowest BCUT2D eigenvalue weighted by Gasteiger charge is -2.38. The molecule has 4 nitrogen and oxygen atoms in total. The molecule has 0 saturated carbocycles. The summed E-state index contributed by atoms with van der Waals surface area (Å²) in [5, 5.41) is 4.09. The van der Waals surface area contributed by atoms with Crippen LogP contribution in [0.2, 0.25) is 5.02 Å². The smallest absolute Gasteiger partial charge is 0.157 e. The summed E-state index contributed by atoms with van der Waals surface area (Å²) >= 11 is 6.17. The molecule has 2 atom stereocenters. The molecule has 2 heterocycles. The molecule has 1 aromatic rings. The van der Waals surface area contributed by atoms with E-state index >= 15 is 0 Å². The van der Waals surface area contributed by atoms with Gasteiger partial charge in [-0.25, -0.2) is 0 Å². The highest BCUT2D eigenvalue weighted by Crippen LogP contribution is 2.32. The predicted molar refractivity (Wildman–Crippen MR) is 86.1 cm³/mol. The van der Waals surface area contributed by atoms with Gasteiger partial charge in [0, 0.05) is 23.6 Å². The van der Waals surface area contributed by atoms with E-state index in [1.807, 2.05) is 18.2 Å². The van der Waals surface area contributed by atoms with E-state index < -0.39 is 0 Å². The molecule has 0 aromatic heterocycles. The fourth-order valence-electron chi connectivity index (χ4n) is 3.20. The molecule has 2 fully saturated rings. The Bertz CT molecular complexity index is 471. The van der Waals surface area contributed by atoms with Crippen LogP contribution < -0.4 is 5.32 Å². The highest BCUT2D eigenvalue weighted by Gasteiger charge is 2.35. The van der Waals surface area contributed by atoms with Gasteiger partial charge in [0.15, 0.2) is 6.29 Å². The molecular formula is C17H24ClNO3.